The van der Waals surface area contributed by atoms with Crippen LogP contribution in [-0.2, 0) is 9.59 Å². The second-order valence-corrected chi connectivity index (χ2v) is 7.57. The van der Waals surface area contributed by atoms with Crippen LogP contribution in [0, 0.1) is 11.8 Å². The number of unbranched alkanes of at least 4 members (excludes halogenated alkanes) is 10. The summed E-state index contributed by atoms with van der Waals surface area (Å²) in [5.41, 5.74) is 0. The summed E-state index contributed by atoms with van der Waals surface area (Å²) in [6.45, 7) is 0.445. The third kappa shape index (κ3) is 15.6. The number of carboxylic acid groups (broad SMARTS) is 2. The van der Waals surface area contributed by atoms with Crippen LogP contribution in [0.3, 0.4) is 0 Å². The maximum absolute atomic E-state index is 11.5. The van der Waals surface area contributed by atoms with Crippen molar-refractivity contribution >= 4 is 11.9 Å². The van der Waals surface area contributed by atoms with Crippen LogP contribution in [0.4, 0.5) is 0 Å². The van der Waals surface area contributed by atoms with E-state index in [0.717, 1.165) is 77.0 Å². The Bertz CT molecular complexity index is 338. The van der Waals surface area contributed by atoms with Gasteiger partial charge in [0.25, 0.3) is 0 Å². The third-order valence-electron chi connectivity index (χ3n) is 5.19. The molecule has 0 aliphatic heterocycles. The maximum atomic E-state index is 11.5. The lowest BCUT2D eigenvalue weighted by atomic mass is 9.87. The second kappa shape index (κ2) is 18.2. The molecule has 0 aromatic heterocycles. The zero-order valence-electron chi connectivity index (χ0n) is 16.8. The van der Waals surface area contributed by atoms with Crippen LogP contribution in [-0.4, -0.2) is 45.6 Å². The molecule has 6 heteroatoms. The van der Waals surface area contributed by atoms with E-state index < -0.39 is 23.8 Å². The monoisotopic (exact) mass is 388 g/mol. The van der Waals surface area contributed by atoms with Gasteiger partial charge in [-0.05, 0) is 32.1 Å². The summed E-state index contributed by atoms with van der Waals surface area (Å²) in [7, 11) is 0. The van der Waals surface area contributed by atoms with Gasteiger partial charge in [-0.15, -0.1) is 0 Å². The molecule has 0 radical (unpaired) electrons. The molecule has 0 heterocycles. The van der Waals surface area contributed by atoms with Gasteiger partial charge in [-0.3, -0.25) is 9.59 Å². The summed E-state index contributed by atoms with van der Waals surface area (Å²) in [5.74, 6) is -2.92. The van der Waals surface area contributed by atoms with Crippen molar-refractivity contribution < 1.29 is 30.0 Å². The number of rotatable bonds is 20. The summed E-state index contributed by atoms with van der Waals surface area (Å²) < 4.78 is 0. The Morgan fingerprint density at radius 3 is 1.11 bits per heavy atom. The molecule has 0 saturated carbocycles. The molecule has 0 aromatic rings. The van der Waals surface area contributed by atoms with Gasteiger partial charge in [0.1, 0.15) is 0 Å². The highest BCUT2D eigenvalue weighted by Crippen LogP contribution is 2.24. The molecule has 0 spiro atoms. The van der Waals surface area contributed by atoms with Gasteiger partial charge in [0, 0.05) is 13.2 Å². The largest absolute Gasteiger partial charge is 0.481 e. The van der Waals surface area contributed by atoms with Crippen LogP contribution in [0.2, 0.25) is 0 Å². The molecule has 2 atom stereocenters. The van der Waals surface area contributed by atoms with E-state index in [1.54, 1.807) is 0 Å². The van der Waals surface area contributed by atoms with E-state index in [1.165, 1.54) is 0 Å². The van der Waals surface area contributed by atoms with Crippen molar-refractivity contribution in [1.29, 1.82) is 0 Å². The summed E-state index contributed by atoms with van der Waals surface area (Å²) in [5, 5.41) is 36.3. The smallest absolute Gasteiger partial charge is 0.306 e. The lowest BCUT2D eigenvalue weighted by molar-refractivity contribution is -0.146. The van der Waals surface area contributed by atoms with Crippen molar-refractivity contribution in [3.63, 3.8) is 0 Å². The first kappa shape index (κ1) is 25.9. The van der Waals surface area contributed by atoms with Gasteiger partial charge in [-0.2, -0.15) is 0 Å². The van der Waals surface area contributed by atoms with Crippen LogP contribution in [0.5, 0.6) is 0 Å². The average Bonchev–Trinajstić information content (AvgIpc) is 2.63. The van der Waals surface area contributed by atoms with E-state index in [0.29, 0.717) is 12.8 Å². The predicted octanol–water partition coefficient (Wildman–Crippen LogP) is 4.22. The molecule has 0 aliphatic carbocycles. The number of aliphatic carboxylic acids is 2. The van der Waals surface area contributed by atoms with E-state index in [2.05, 4.69) is 0 Å². The fourth-order valence-corrected chi connectivity index (χ4v) is 3.45. The first-order chi connectivity index (χ1) is 13.0. The number of aliphatic hydroxyl groups is 2. The van der Waals surface area contributed by atoms with Crippen molar-refractivity contribution in [3.05, 3.63) is 0 Å². The predicted molar refractivity (Wildman–Crippen MR) is 106 cm³/mol. The summed E-state index contributed by atoms with van der Waals surface area (Å²) >= 11 is 0. The van der Waals surface area contributed by atoms with Gasteiger partial charge in [0.15, 0.2) is 0 Å². The Morgan fingerprint density at radius 2 is 0.815 bits per heavy atom. The van der Waals surface area contributed by atoms with E-state index in [9.17, 15) is 19.8 Å². The quantitative estimate of drug-likeness (QED) is 0.232. The average molecular weight is 389 g/mol. The molecule has 0 aromatic carbocycles. The Balaban J connectivity index is 4.08. The van der Waals surface area contributed by atoms with E-state index >= 15 is 0 Å². The first-order valence-electron chi connectivity index (χ1n) is 10.7. The van der Waals surface area contributed by atoms with Crippen LogP contribution in [0.1, 0.15) is 96.3 Å². The van der Waals surface area contributed by atoms with Gasteiger partial charge in [0.05, 0.1) is 11.8 Å². The topological polar surface area (TPSA) is 115 Å². The van der Waals surface area contributed by atoms with Crippen LogP contribution < -0.4 is 0 Å². The van der Waals surface area contributed by atoms with Crippen molar-refractivity contribution in [2.75, 3.05) is 13.2 Å². The number of carboxylic acids is 2. The number of hydrogen-bond donors (Lipinski definition) is 4. The molecule has 0 saturated heterocycles. The van der Waals surface area contributed by atoms with Crippen LogP contribution >= 0.6 is 0 Å². The minimum absolute atomic E-state index is 0.222. The van der Waals surface area contributed by atoms with Crippen molar-refractivity contribution in [2.45, 2.75) is 96.3 Å². The fraction of sp³-hybridized carbons (Fsp3) is 0.905. The molecule has 0 bridgehead atoms. The lowest BCUT2D eigenvalue weighted by Gasteiger charge is -2.18. The molecule has 0 fully saturated rings. The van der Waals surface area contributed by atoms with Crippen LogP contribution in [0.15, 0.2) is 0 Å². The van der Waals surface area contributed by atoms with Crippen LogP contribution in [0.25, 0.3) is 0 Å². The van der Waals surface area contributed by atoms with E-state index in [4.69, 9.17) is 10.2 Å². The first-order valence-corrected chi connectivity index (χ1v) is 10.7. The van der Waals surface area contributed by atoms with Gasteiger partial charge in [-0.25, -0.2) is 0 Å². The summed E-state index contributed by atoms with van der Waals surface area (Å²) in [6.07, 6.45) is 12.7. The Morgan fingerprint density at radius 1 is 0.519 bits per heavy atom. The fourth-order valence-electron chi connectivity index (χ4n) is 3.45. The molecule has 0 amide bonds. The molecular formula is C21H40O6. The summed E-state index contributed by atoms with van der Waals surface area (Å²) in [6, 6.07) is 0. The highest BCUT2D eigenvalue weighted by Gasteiger charge is 2.26. The van der Waals surface area contributed by atoms with Gasteiger partial charge >= 0.3 is 11.9 Å². The Kier molecular flexibility index (Phi) is 17.5. The van der Waals surface area contributed by atoms with Crippen molar-refractivity contribution in [2.24, 2.45) is 11.8 Å². The normalized spacial score (nSPS) is 13.4. The summed E-state index contributed by atoms with van der Waals surface area (Å²) in [4.78, 5) is 23.0. The number of carbonyl (C=O) groups is 2. The molecule has 27 heavy (non-hydrogen) atoms. The zero-order valence-corrected chi connectivity index (χ0v) is 16.8. The van der Waals surface area contributed by atoms with Gasteiger partial charge in [0.2, 0.25) is 0 Å². The van der Waals surface area contributed by atoms with Crippen molar-refractivity contribution in [3.8, 4) is 0 Å². The Hall–Kier alpha value is -1.14. The molecule has 0 aliphatic rings. The number of aliphatic hydroxyl groups excluding tert-OH is 2. The van der Waals surface area contributed by atoms with Gasteiger partial charge < -0.3 is 20.4 Å². The molecule has 2 unspecified atom stereocenters. The molecule has 4 N–H and O–H groups in total. The Labute approximate surface area is 164 Å². The SMILES string of the molecule is O=C(O)C(CCCCCCCCO)CC(CCCCCCCCO)C(=O)O. The van der Waals surface area contributed by atoms with E-state index in [1.807, 2.05) is 0 Å². The maximum Gasteiger partial charge on any atom is 0.306 e. The minimum atomic E-state index is -0.884. The van der Waals surface area contributed by atoms with E-state index in [-0.39, 0.29) is 19.6 Å². The lowest BCUT2D eigenvalue weighted by Crippen LogP contribution is -2.23. The number of hydrogen-bond acceptors (Lipinski definition) is 4. The minimum Gasteiger partial charge on any atom is -0.481 e. The van der Waals surface area contributed by atoms with Crippen molar-refractivity contribution in [1.82, 2.24) is 0 Å². The molecule has 6 nitrogen and oxygen atoms in total. The zero-order chi connectivity index (χ0) is 20.3. The molecular weight excluding hydrogens is 348 g/mol. The highest BCUT2D eigenvalue weighted by molar-refractivity contribution is 5.73. The molecule has 0 rings (SSSR count). The van der Waals surface area contributed by atoms with Gasteiger partial charge in [-0.1, -0.05) is 64.2 Å². The highest BCUT2D eigenvalue weighted by atomic mass is 16.4. The second-order valence-electron chi connectivity index (χ2n) is 7.57. The standard InChI is InChI=1S/C21H40O6/c22-15-11-7-3-1-5-9-13-18(20(24)25)17-19(21(26)27)14-10-6-2-4-8-12-16-23/h18-19,22-23H,1-17H2,(H,24,25)(H,26,27). The molecule has 160 valence electrons. The third-order valence-corrected chi connectivity index (χ3v) is 5.19.